The average Bonchev–Trinajstić information content (AvgIpc) is 2.75. The molecule has 3 nitrogen and oxygen atoms in total. The number of alkyl halides is 2. The van der Waals surface area contributed by atoms with E-state index < -0.39 is 15.9 Å². The first-order chi connectivity index (χ1) is 10.7. The second kappa shape index (κ2) is 5.74. The summed E-state index contributed by atoms with van der Waals surface area (Å²) in [5, 5.41) is 0. The summed E-state index contributed by atoms with van der Waals surface area (Å²) in [5.41, 5.74) is 3.33. The highest BCUT2D eigenvalue weighted by Crippen LogP contribution is 2.34. The quantitative estimate of drug-likeness (QED) is 0.887. The predicted octanol–water partition coefficient (Wildman–Crippen LogP) is 3.94. The Balaban J connectivity index is 2.04. The lowest BCUT2D eigenvalue weighted by atomic mass is 9.97. The van der Waals surface area contributed by atoms with Crippen LogP contribution in [0.4, 0.5) is 8.78 Å². The molecule has 6 heteroatoms. The molecule has 0 saturated carbocycles. The zero-order chi connectivity index (χ0) is 16.7. The molecule has 1 N–H and O–H groups in total. The maximum atomic E-state index is 13.3. The third-order valence-corrected chi connectivity index (χ3v) is 5.57. The van der Waals surface area contributed by atoms with Crippen LogP contribution in [0.1, 0.15) is 43.7 Å². The van der Waals surface area contributed by atoms with Crippen molar-refractivity contribution in [3.8, 4) is 0 Å². The van der Waals surface area contributed by atoms with E-state index >= 15 is 0 Å². The van der Waals surface area contributed by atoms with Crippen molar-refractivity contribution in [2.45, 2.75) is 38.5 Å². The van der Waals surface area contributed by atoms with Crippen LogP contribution in [0.3, 0.4) is 0 Å². The Kier molecular flexibility index (Phi) is 4.04. The Labute approximate surface area is 135 Å². The van der Waals surface area contributed by atoms with Crippen molar-refractivity contribution in [1.82, 2.24) is 4.72 Å². The van der Waals surface area contributed by atoms with Crippen molar-refractivity contribution >= 4 is 15.6 Å². The van der Waals surface area contributed by atoms with Gasteiger partial charge in [-0.3, -0.25) is 4.72 Å². The first-order valence-corrected chi connectivity index (χ1v) is 9.32. The summed E-state index contributed by atoms with van der Waals surface area (Å²) >= 11 is 0. The van der Waals surface area contributed by atoms with Gasteiger partial charge in [-0.15, -0.1) is 0 Å². The van der Waals surface area contributed by atoms with Gasteiger partial charge in [-0.05, 0) is 42.9 Å². The zero-order valence-electron chi connectivity index (χ0n) is 12.9. The molecule has 0 aromatic heterocycles. The molecular formula is C17H19F2NO2S. The molecule has 0 radical (unpaired) electrons. The number of allylic oxidation sites excluding steroid dienone is 3. The fourth-order valence-corrected chi connectivity index (χ4v) is 4.18. The van der Waals surface area contributed by atoms with Crippen molar-refractivity contribution < 1.29 is 17.2 Å². The summed E-state index contributed by atoms with van der Waals surface area (Å²) in [7, 11) is -3.34. The third-order valence-electron chi connectivity index (χ3n) is 4.30. The molecule has 1 aliphatic heterocycles. The van der Waals surface area contributed by atoms with Gasteiger partial charge in [-0.2, -0.15) is 0 Å². The Morgan fingerprint density at radius 2 is 1.78 bits per heavy atom. The van der Waals surface area contributed by atoms with E-state index in [1.54, 1.807) is 12.1 Å². The van der Waals surface area contributed by atoms with Crippen LogP contribution in [0.2, 0.25) is 0 Å². The number of hydrogen-bond donors (Lipinski definition) is 1. The standard InChI is InChI=1S/C17H19F2NO2S/c1-17(18,19)14-7-5-13(6-8-14)15-4-2-3-12-9-10-23(21,22)20-16(15)11-12/h5-8,11,20H,2-4,9-10H2,1H3. The van der Waals surface area contributed by atoms with Gasteiger partial charge in [-0.25, -0.2) is 17.2 Å². The van der Waals surface area contributed by atoms with Crippen molar-refractivity contribution in [2.75, 3.05) is 5.75 Å². The molecule has 1 aliphatic carbocycles. The Bertz CT molecular complexity index is 772. The van der Waals surface area contributed by atoms with Gasteiger partial charge in [0.05, 0.1) is 11.4 Å². The number of fused-ring (bicyclic) bond motifs is 1. The van der Waals surface area contributed by atoms with E-state index in [0.717, 1.165) is 42.9 Å². The molecular weight excluding hydrogens is 320 g/mol. The summed E-state index contributed by atoms with van der Waals surface area (Å²) in [6.07, 6.45) is 4.98. The first-order valence-electron chi connectivity index (χ1n) is 7.66. The van der Waals surface area contributed by atoms with Gasteiger partial charge < -0.3 is 0 Å². The summed E-state index contributed by atoms with van der Waals surface area (Å²) in [6.45, 7) is 0.865. The van der Waals surface area contributed by atoms with Crippen LogP contribution in [0.25, 0.3) is 5.57 Å². The van der Waals surface area contributed by atoms with E-state index in [1.807, 2.05) is 6.08 Å². The molecule has 124 valence electrons. The smallest absolute Gasteiger partial charge is 0.270 e. The van der Waals surface area contributed by atoms with Gasteiger partial charge in [0, 0.05) is 12.5 Å². The first kappa shape index (κ1) is 16.2. The molecule has 0 atom stereocenters. The minimum Gasteiger partial charge on any atom is -0.283 e. The molecule has 23 heavy (non-hydrogen) atoms. The van der Waals surface area contributed by atoms with Crippen molar-refractivity contribution in [2.24, 2.45) is 0 Å². The Morgan fingerprint density at radius 3 is 2.43 bits per heavy atom. The van der Waals surface area contributed by atoms with Gasteiger partial charge in [-0.1, -0.05) is 29.8 Å². The molecule has 1 heterocycles. The van der Waals surface area contributed by atoms with E-state index in [4.69, 9.17) is 0 Å². The summed E-state index contributed by atoms with van der Waals surface area (Å²) in [6, 6.07) is 6.10. The monoisotopic (exact) mass is 339 g/mol. The molecule has 0 fully saturated rings. The second-order valence-corrected chi connectivity index (χ2v) is 8.03. The maximum Gasteiger partial charge on any atom is 0.270 e. The van der Waals surface area contributed by atoms with E-state index in [-0.39, 0.29) is 11.3 Å². The van der Waals surface area contributed by atoms with Gasteiger partial charge >= 0.3 is 0 Å². The molecule has 3 rings (SSSR count). The van der Waals surface area contributed by atoms with Crippen LogP contribution in [0.5, 0.6) is 0 Å². The highest BCUT2D eigenvalue weighted by atomic mass is 32.2. The normalized spacial score (nSPS) is 21.1. The molecule has 1 aromatic rings. The molecule has 1 aromatic carbocycles. The SMILES string of the molecule is CC(F)(F)c1ccc(C2=C3C=C(CCC2)CCS(=O)(=O)N3)cc1. The van der Waals surface area contributed by atoms with Crippen LogP contribution >= 0.6 is 0 Å². The van der Waals surface area contributed by atoms with E-state index in [1.165, 1.54) is 12.1 Å². The number of nitrogens with one attached hydrogen (secondary N) is 1. The van der Waals surface area contributed by atoms with Crippen LogP contribution < -0.4 is 4.72 Å². The number of hydrogen-bond acceptors (Lipinski definition) is 2. The number of halogens is 2. The Morgan fingerprint density at radius 1 is 1.09 bits per heavy atom. The Hall–Kier alpha value is -1.69. The summed E-state index contributed by atoms with van der Waals surface area (Å²) < 4.78 is 53.3. The third kappa shape index (κ3) is 3.63. The van der Waals surface area contributed by atoms with E-state index in [0.29, 0.717) is 12.1 Å². The van der Waals surface area contributed by atoms with Crippen LogP contribution in [-0.2, 0) is 15.9 Å². The van der Waals surface area contributed by atoms with Crippen LogP contribution in [-0.4, -0.2) is 14.2 Å². The lowest BCUT2D eigenvalue weighted by molar-refractivity contribution is 0.0175. The zero-order valence-corrected chi connectivity index (χ0v) is 13.7. The van der Waals surface area contributed by atoms with Gasteiger partial charge in [0.2, 0.25) is 10.0 Å². The van der Waals surface area contributed by atoms with E-state index in [2.05, 4.69) is 4.72 Å². The van der Waals surface area contributed by atoms with Gasteiger partial charge in [0.25, 0.3) is 5.92 Å². The molecule has 0 unspecified atom stereocenters. The largest absolute Gasteiger partial charge is 0.283 e. The van der Waals surface area contributed by atoms with Crippen molar-refractivity contribution in [3.63, 3.8) is 0 Å². The highest BCUT2D eigenvalue weighted by molar-refractivity contribution is 7.89. The number of sulfonamides is 1. The molecule has 2 aliphatic rings. The van der Waals surface area contributed by atoms with Gasteiger partial charge in [0.15, 0.2) is 0 Å². The fraction of sp³-hybridized carbons (Fsp3) is 0.412. The lowest BCUT2D eigenvalue weighted by Crippen LogP contribution is -2.24. The number of benzene rings is 1. The predicted molar refractivity (Wildman–Crippen MR) is 86.4 cm³/mol. The molecule has 0 spiro atoms. The topological polar surface area (TPSA) is 46.2 Å². The van der Waals surface area contributed by atoms with Crippen LogP contribution in [0, 0.1) is 0 Å². The highest BCUT2D eigenvalue weighted by Gasteiger charge is 2.25. The van der Waals surface area contributed by atoms with E-state index in [9.17, 15) is 17.2 Å². The van der Waals surface area contributed by atoms with Crippen molar-refractivity contribution in [1.29, 1.82) is 0 Å². The molecule has 2 bridgehead atoms. The van der Waals surface area contributed by atoms with Gasteiger partial charge in [0.1, 0.15) is 0 Å². The molecule has 0 saturated heterocycles. The average molecular weight is 339 g/mol. The van der Waals surface area contributed by atoms with Crippen LogP contribution in [0.15, 0.2) is 41.6 Å². The summed E-state index contributed by atoms with van der Waals surface area (Å²) in [4.78, 5) is 0. The number of rotatable bonds is 2. The minimum atomic E-state index is -3.34. The second-order valence-electron chi connectivity index (χ2n) is 6.19. The lowest BCUT2D eigenvalue weighted by Gasteiger charge is -2.15. The van der Waals surface area contributed by atoms with Crippen molar-refractivity contribution in [3.05, 3.63) is 52.7 Å². The fourth-order valence-electron chi connectivity index (χ4n) is 3.03. The minimum absolute atomic E-state index is 0.0434. The molecule has 0 amide bonds. The summed E-state index contributed by atoms with van der Waals surface area (Å²) in [5.74, 6) is -2.78. The maximum absolute atomic E-state index is 13.3.